The standard InChI is InChI=1S/C14H21N5O/c1-17(2)8-12(20)19-10-14(11-19)4-7-18(9-14)13-15-5-3-6-16-13/h3,5-6H,4,7-11H2,1-2H3. The summed E-state index contributed by atoms with van der Waals surface area (Å²) < 4.78 is 0. The van der Waals surface area contributed by atoms with Gasteiger partial charge in [0.1, 0.15) is 0 Å². The first kappa shape index (κ1) is 13.3. The van der Waals surface area contributed by atoms with Gasteiger partial charge in [-0.05, 0) is 26.6 Å². The Morgan fingerprint density at radius 3 is 2.65 bits per heavy atom. The van der Waals surface area contributed by atoms with Gasteiger partial charge in [-0.3, -0.25) is 4.79 Å². The third-order valence-corrected chi connectivity index (χ3v) is 4.13. The molecule has 2 aliphatic rings. The lowest BCUT2D eigenvalue weighted by molar-refractivity contribution is -0.142. The SMILES string of the molecule is CN(C)CC(=O)N1CC2(CCN(c3ncccn3)C2)C1. The van der Waals surface area contributed by atoms with Crippen molar-refractivity contribution < 1.29 is 4.79 Å². The minimum atomic E-state index is 0.232. The second-order valence-corrected chi connectivity index (χ2v) is 6.21. The van der Waals surface area contributed by atoms with E-state index in [4.69, 9.17) is 0 Å². The predicted molar refractivity (Wildman–Crippen MR) is 76.4 cm³/mol. The van der Waals surface area contributed by atoms with Gasteiger partial charge in [0.05, 0.1) is 6.54 Å². The molecular formula is C14H21N5O. The second kappa shape index (κ2) is 5.01. The number of nitrogens with zero attached hydrogens (tertiary/aromatic N) is 5. The number of rotatable bonds is 3. The Morgan fingerprint density at radius 1 is 1.30 bits per heavy atom. The Kier molecular flexibility index (Phi) is 3.33. The molecule has 0 aliphatic carbocycles. The summed E-state index contributed by atoms with van der Waals surface area (Å²) in [7, 11) is 3.86. The molecule has 20 heavy (non-hydrogen) atoms. The van der Waals surface area contributed by atoms with Gasteiger partial charge < -0.3 is 14.7 Å². The highest BCUT2D eigenvalue weighted by molar-refractivity contribution is 5.79. The van der Waals surface area contributed by atoms with Crippen molar-refractivity contribution in [3.8, 4) is 0 Å². The van der Waals surface area contributed by atoms with E-state index >= 15 is 0 Å². The number of likely N-dealkylation sites (tertiary alicyclic amines) is 1. The van der Waals surface area contributed by atoms with E-state index in [9.17, 15) is 4.79 Å². The van der Waals surface area contributed by atoms with E-state index in [2.05, 4.69) is 14.9 Å². The zero-order valence-electron chi connectivity index (χ0n) is 12.1. The van der Waals surface area contributed by atoms with E-state index in [1.165, 1.54) is 0 Å². The molecule has 0 saturated carbocycles. The lowest BCUT2D eigenvalue weighted by Crippen LogP contribution is -2.60. The van der Waals surface area contributed by atoms with Crippen molar-refractivity contribution in [2.45, 2.75) is 6.42 Å². The van der Waals surface area contributed by atoms with Gasteiger partial charge in [0.25, 0.3) is 0 Å². The number of carbonyl (C=O) groups is 1. The van der Waals surface area contributed by atoms with Crippen molar-refractivity contribution in [3.05, 3.63) is 18.5 Å². The average molecular weight is 275 g/mol. The Morgan fingerprint density at radius 2 is 2.00 bits per heavy atom. The van der Waals surface area contributed by atoms with E-state index in [1.54, 1.807) is 12.4 Å². The van der Waals surface area contributed by atoms with Gasteiger partial charge in [-0.1, -0.05) is 0 Å². The summed E-state index contributed by atoms with van der Waals surface area (Å²) in [6, 6.07) is 1.83. The summed E-state index contributed by atoms with van der Waals surface area (Å²) in [5, 5.41) is 0. The first-order chi connectivity index (χ1) is 9.58. The molecule has 0 N–H and O–H groups in total. The number of likely N-dealkylation sites (N-methyl/N-ethyl adjacent to an activating group) is 1. The maximum absolute atomic E-state index is 12.0. The van der Waals surface area contributed by atoms with Crippen LogP contribution in [0.25, 0.3) is 0 Å². The van der Waals surface area contributed by atoms with Crippen molar-refractivity contribution in [1.29, 1.82) is 0 Å². The fraction of sp³-hybridized carbons (Fsp3) is 0.643. The van der Waals surface area contributed by atoms with E-state index in [-0.39, 0.29) is 11.3 Å². The Balaban J connectivity index is 1.56. The van der Waals surface area contributed by atoms with Crippen molar-refractivity contribution >= 4 is 11.9 Å². The molecular weight excluding hydrogens is 254 g/mol. The number of carbonyl (C=O) groups excluding carboxylic acids is 1. The first-order valence-electron chi connectivity index (χ1n) is 7.02. The van der Waals surface area contributed by atoms with Crippen LogP contribution >= 0.6 is 0 Å². The third kappa shape index (κ3) is 2.47. The maximum Gasteiger partial charge on any atom is 0.236 e. The average Bonchev–Trinajstić information content (AvgIpc) is 2.82. The van der Waals surface area contributed by atoms with Crippen molar-refractivity contribution in [2.75, 3.05) is 51.7 Å². The summed E-state index contributed by atoms with van der Waals surface area (Å²) in [6.07, 6.45) is 4.68. The molecule has 1 aromatic rings. The Labute approximate surface area is 119 Å². The van der Waals surface area contributed by atoms with Crippen molar-refractivity contribution in [1.82, 2.24) is 19.8 Å². The molecule has 3 rings (SSSR count). The van der Waals surface area contributed by atoms with Crippen molar-refractivity contribution in [3.63, 3.8) is 0 Å². The molecule has 2 saturated heterocycles. The minimum Gasteiger partial charge on any atom is -0.340 e. The topological polar surface area (TPSA) is 52.6 Å². The highest BCUT2D eigenvalue weighted by atomic mass is 16.2. The molecule has 3 heterocycles. The van der Waals surface area contributed by atoms with Gasteiger partial charge in [0.2, 0.25) is 11.9 Å². The Hall–Kier alpha value is -1.69. The quantitative estimate of drug-likeness (QED) is 0.782. The zero-order chi connectivity index (χ0) is 14.2. The van der Waals surface area contributed by atoms with Crippen LogP contribution in [0.15, 0.2) is 18.5 Å². The molecule has 0 atom stereocenters. The van der Waals surface area contributed by atoms with Gasteiger partial charge in [-0.2, -0.15) is 0 Å². The fourth-order valence-corrected chi connectivity index (χ4v) is 3.13. The summed E-state index contributed by atoms with van der Waals surface area (Å²) in [5.41, 5.74) is 0.265. The van der Waals surface area contributed by atoms with Crippen LogP contribution in [-0.2, 0) is 4.79 Å². The van der Waals surface area contributed by atoms with E-state index in [0.29, 0.717) is 6.54 Å². The molecule has 0 unspecified atom stereocenters. The molecule has 2 aliphatic heterocycles. The number of amides is 1. The predicted octanol–water partition coefficient (Wildman–Crippen LogP) is 0.0769. The van der Waals surface area contributed by atoms with Crippen LogP contribution in [0.5, 0.6) is 0 Å². The van der Waals surface area contributed by atoms with Gasteiger partial charge >= 0.3 is 0 Å². The van der Waals surface area contributed by atoms with Gasteiger partial charge in [0, 0.05) is 44.0 Å². The van der Waals surface area contributed by atoms with Crippen LogP contribution in [0.3, 0.4) is 0 Å². The monoisotopic (exact) mass is 275 g/mol. The summed E-state index contributed by atoms with van der Waals surface area (Å²) in [5.74, 6) is 1.04. The maximum atomic E-state index is 12.0. The van der Waals surface area contributed by atoms with Crippen LogP contribution in [0.4, 0.5) is 5.95 Å². The molecule has 0 aromatic carbocycles. The molecule has 1 amide bonds. The summed E-state index contributed by atoms with van der Waals surface area (Å²) in [4.78, 5) is 26.7. The Bertz CT molecular complexity index is 484. The summed E-state index contributed by atoms with van der Waals surface area (Å²) in [6.45, 7) is 4.20. The smallest absolute Gasteiger partial charge is 0.236 e. The zero-order valence-corrected chi connectivity index (χ0v) is 12.1. The van der Waals surface area contributed by atoms with Gasteiger partial charge in [0.15, 0.2) is 0 Å². The van der Waals surface area contributed by atoms with Crippen molar-refractivity contribution in [2.24, 2.45) is 5.41 Å². The lowest BCUT2D eigenvalue weighted by atomic mass is 9.79. The molecule has 0 radical (unpaired) electrons. The van der Waals surface area contributed by atoms with Crippen LogP contribution in [0.2, 0.25) is 0 Å². The normalized spacial score (nSPS) is 20.6. The van der Waals surface area contributed by atoms with Crippen LogP contribution in [-0.4, -0.2) is 72.5 Å². The molecule has 1 spiro atoms. The number of hydrogen-bond donors (Lipinski definition) is 0. The first-order valence-corrected chi connectivity index (χ1v) is 7.02. The lowest BCUT2D eigenvalue weighted by Gasteiger charge is -2.48. The minimum absolute atomic E-state index is 0.232. The fourth-order valence-electron chi connectivity index (χ4n) is 3.13. The molecule has 1 aromatic heterocycles. The molecule has 6 heteroatoms. The van der Waals surface area contributed by atoms with Crippen LogP contribution in [0, 0.1) is 5.41 Å². The summed E-state index contributed by atoms with van der Waals surface area (Å²) >= 11 is 0. The molecule has 2 fully saturated rings. The number of hydrogen-bond acceptors (Lipinski definition) is 5. The van der Waals surface area contributed by atoms with E-state index < -0.39 is 0 Å². The van der Waals surface area contributed by atoms with Gasteiger partial charge in [-0.15, -0.1) is 0 Å². The highest BCUT2D eigenvalue weighted by Gasteiger charge is 2.49. The number of aromatic nitrogens is 2. The largest absolute Gasteiger partial charge is 0.340 e. The van der Waals surface area contributed by atoms with Crippen LogP contribution < -0.4 is 4.90 Å². The van der Waals surface area contributed by atoms with Gasteiger partial charge in [-0.25, -0.2) is 9.97 Å². The number of anilines is 1. The van der Waals surface area contributed by atoms with E-state index in [0.717, 1.165) is 38.5 Å². The highest BCUT2D eigenvalue weighted by Crippen LogP contribution is 2.40. The molecule has 6 nitrogen and oxygen atoms in total. The van der Waals surface area contributed by atoms with Crippen LogP contribution in [0.1, 0.15) is 6.42 Å². The molecule has 0 bridgehead atoms. The van der Waals surface area contributed by atoms with E-state index in [1.807, 2.05) is 30.0 Å². The second-order valence-electron chi connectivity index (χ2n) is 6.21. The molecule has 108 valence electrons. The third-order valence-electron chi connectivity index (χ3n) is 4.13.